The highest BCUT2D eigenvalue weighted by atomic mass is 79.9. The third-order valence-corrected chi connectivity index (χ3v) is 4.18. The van der Waals surface area contributed by atoms with Gasteiger partial charge in [0.05, 0.1) is 4.47 Å². The molecule has 0 saturated carbocycles. The van der Waals surface area contributed by atoms with Crippen molar-refractivity contribution in [1.82, 2.24) is 4.90 Å². The van der Waals surface area contributed by atoms with E-state index in [1.807, 2.05) is 6.92 Å². The van der Waals surface area contributed by atoms with E-state index in [1.165, 1.54) is 18.2 Å². The van der Waals surface area contributed by atoms with Crippen molar-refractivity contribution in [1.29, 1.82) is 0 Å². The van der Waals surface area contributed by atoms with Gasteiger partial charge in [0.2, 0.25) is 0 Å². The fourth-order valence-electron chi connectivity index (χ4n) is 2.48. The van der Waals surface area contributed by atoms with E-state index in [0.717, 1.165) is 6.42 Å². The monoisotopic (exact) mass is 344 g/mol. The second kappa shape index (κ2) is 6.54. The summed E-state index contributed by atoms with van der Waals surface area (Å²) in [6.45, 7) is 3.25. The minimum atomic E-state index is -0.352. The zero-order valence-corrected chi connectivity index (χ0v) is 12.9. The van der Waals surface area contributed by atoms with Crippen LogP contribution in [0.25, 0.3) is 0 Å². The molecule has 4 nitrogen and oxygen atoms in total. The molecule has 1 saturated heterocycles. The summed E-state index contributed by atoms with van der Waals surface area (Å²) >= 11 is 3.21. The number of benzene rings is 1. The first kappa shape index (κ1) is 15.3. The highest BCUT2D eigenvalue weighted by molar-refractivity contribution is 9.10. The largest absolute Gasteiger partial charge is 0.483 e. The first-order valence-corrected chi connectivity index (χ1v) is 7.38. The number of ether oxygens (including phenoxy) is 1. The van der Waals surface area contributed by atoms with Crippen LogP contribution in [0.1, 0.15) is 13.3 Å². The Labute approximate surface area is 126 Å². The molecule has 0 aromatic heterocycles. The lowest BCUT2D eigenvalue weighted by Crippen LogP contribution is -2.37. The van der Waals surface area contributed by atoms with Gasteiger partial charge in [0, 0.05) is 12.6 Å². The van der Waals surface area contributed by atoms with Crippen LogP contribution in [0.2, 0.25) is 0 Å². The maximum atomic E-state index is 13.0. The molecule has 2 N–H and O–H groups in total. The summed E-state index contributed by atoms with van der Waals surface area (Å²) in [5.41, 5.74) is 5.65. The minimum absolute atomic E-state index is 0.0497. The Morgan fingerprint density at radius 1 is 1.60 bits per heavy atom. The number of likely N-dealkylation sites (tertiary alicyclic amines) is 1. The van der Waals surface area contributed by atoms with E-state index in [2.05, 4.69) is 15.9 Å². The van der Waals surface area contributed by atoms with Crippen molar-refractivity contribution in [3.05, 3.63) is 28.5 Å². The third-order valence-electron chi connectivity index (χ3n) is 3.56. The standard InChI is InChI=1S/C14H18BrFN2O2/c1-9-4-10(6-17)7-18(9)14(19)8-20-13-3-2-11(16)5-12(13)15/h2-3,5,9-10H,4,6-8,17H2,1H3. The molecule has 0 bridgehead atoms. The van der Waals surface area contributed by atoms with Crippen LogP contribution in [-0.2, 0) is 4.79 Å². The molecule has 1 aromatic rings. The molecule has 0 spiro atoms. The smallest absolute Gasteiger partial charge is 0.260 e. The predicted octanol–water partition coefficient (Wildman–Crippen LogP) is 2.16. The van der Waals surface area contributed by atoms with Crippen LogP contribution >= 0.6 is 15.9 Å². The fraction of sp³-hybridized carbons (Fsp3) is 0.500. The molecule has 20 heavy (non-hydrogen) atoms. The Bertz CT molecular complexity index is 498. The van der Waals surface area contributed by atoms with Crippen molar-refractivity contribution in [2.45, 2.75) is 19.4 Å². The number of rotatable bonds is 4. The van der Waals surface area contributed by atoms with Gasteiger partial charge in [-0.2, -0.15) is 0 Å². The van der Waals surface area contributed by atoms with Gasteiger partial charge in [0.15, 0.2) is 6.61 Å². The summed E-state index contributed by atoms with van der Waals surface area (Å²) in [4.78, 5) is 13.9. The highest BCUT2D eigenvalue weighted by Gasteiger charge is 2.31. The molecule has 1 aliphatic rings. The number of nitrogens with two attached hydrogens (primary N) is 1. The van der Waals surface area contributed by atoms with Crippen LogP contribution in [0.4, 0.5) is 4.39 Å². The van der Waals surface area contributed by atoms with Gasteiger partial charge in [-0.25, -0.2) is 4.39 Å². The first-order valence-electron chi connectivity index (χ1n) is 6.58. The molecule has 0 radical (unpaired) electrons. The van der Waals surface area contributed by atoms with Gasteiger partial charge in [-0.05, 0) is 59.9 Å². The summed E-state index contributed by atoms with van der Waals surface area (Å²) in [7, 11) is 0. The molecule has 110 valence electrons. The molecule has 1 amide bonds. The van der Waals surface area contributed by atoms with Crippen LogP contribution in [0.3, 0.4) is 0 Å². The summed E-state index contributed by atoms with van der Waals surface area (Å²) in [6, 6.07) is 4.30. The number of amides is 1. The lowest BCUT2D eigenvalue weighted by atomic mass is 10.1. The lowest BCUT2D eigenvalue weighted by Gasteiger charge is -2.21. The molecular formula is C14H18BrFN2O2. The van der Waals surface area contributed by atoms with E-state index in [9.17, 15) is 9.18 Å². The molecule has 2 rings (SSSR count). The maximum Gasteiger partial charge on any atom is 0.260 e. The first-order chi connectivity index (χ1) is 9.51. The number of carbonyl (C=O) groups is 1. The Morgan fingerprint density at radius 2 is 2.35 bits per heavy atom. The summed E-state index contributed by atoms with van der Waals surface area (Å²) in [5.74, 6) is 0.410. The average Bonchev–Trinajstić information content (AvgIpc) is 2.79. The second-order valence-electron chi connectivity index (χ2n) is 5.10. The highest BCUT2D eigenvalue weighted by Crippen LogP contribution is 2.26. The van der Waals surface area contributed by atoms with Crippen molar-refractivity contribution in [2.75, 3.05) is 19.7 Å². The van der Waals surface area contributed by atoms with Crippen molar-refractivity contribution >= 4 is 21.8 Å². The van der Waals surface area contributed by atoms with Crippen LogP contribution in [0.15, 0.2) is 22.7 Å². The quantitative estimate of drug-likeness (QED) is 0.910. The molecule has 2 atom stereocenters. The second-order valence-corrected chi connectivity index (χ2v) is 5.95. The molecule has 1 aliphatic heterocycles. The van der Waals surface area contributed by atoms with Gasteiger partial charge in [-0.1, -0.05) is 0 Å². The van der Waals surface area contributed by atoms with Gasteiger partial charge >= 0.3 is 0 Å². The number of hydrogen-bond donors (Lipinski definition) is 1. The van der Waals surface area contributed by atoms with Gasteiger partial charge < -0.3 is 15.4 Å². The Hall–Kier alpha value is -1.14. The minimum Gasteiger partial charge on any atom is -0.483 e. The lowest BCUT2D eigenvalue weighted by molar-refractivity contribution is -0.134. The van der Waals surface area contributed by atoms with Crippen LogP contribution in [0.5, 0.6) is 5.75 Å². The van der Waals surface area contributed by atoms with E-state index < -0.39 is 0 Å². The van der Waals surface area contributed by atoms with Gasteiger partial charge in [0.1, 0.15) is 11.6 Å². The topological polar surface area (TPSA) is 55.6 Å². The molecule has 1 fully saturated rings. The van der Waals surface area contributed by atoms with E-state index >= 15 is 0 Å². The van der Waals surface area contributed by atoms with Crippen LogP contribution in [-0.4, -0.2) is 36.5 Å². The Kier molecular flexibility index (Phi) is 4.99. The zero-order valence-electron chi connectivity index (χ0n) is 11.3. The number of hydrogen-bond acceptors (Lipinski definition) is 3. The summed E-state index contributed by atoms with van der Waals surface area (Å²) < 4.78 is 18.9. The van der Waals surface area contributed by atoms with Crippen molar-refractivity contribution < 1.29 is 13.9 Å². The molecular weight excluding hydrogens is 327 g/mol. The third kappa shape index (κ3) is 3.49. The summed E-state index contributed by atoms with van der Waals surface area (Å²) in [6.07, 6.45) is 0.933. The van der Waals surface area contributed by atoms with E-state index in [0.29, 0.717) is 29.2 Å². The van der Waals surface area contributed by atoms with Crippen molar-refractivity contribution in [3.63, 3.8) is 0 Å². The van der Waals surface area contributed by atoms with Gasteiger partial charge in [-0.15, -0.1) is 0 Å². The fourth-order valence-corrected chi connectivity index (χ4v) is 2.94. The van der Waals surface area contributed by atoms with E-state index in [-0.39, 0.29) is 24.4 Å². The predicted molar refractivity (Wildman–Crippen MR) is 77.9 cm³/mol. The number of carbonyl (C=O) groups excluding carboxylic acids is 1. The van der Waals surface area contributed by atoms with Gasteiger partial charge in [0.25, 0.3) is 5.91 Å². The maximum absolute atomic E-state index is 13.0. The van der Waals surface area contributed by atoms with Gasteiger partial charge in [-0.3, -0.25) is 4.79 Å². The number of nitrogens with zero attached hydrogens (tertiary/aromatic N) is 1. The van der Waals surface area contributed by atoms with E-state index in [4.69, 9.17) is 10.5 Å². The molecule has 2 unspecified atom stereocenters. The SMILES string of the molecule is CC1CC(CN)CN1C(=O)COc1ccc(F)cc1Br. The average molecular weight is 345 g/mol. The van der Waals surface area contributed by atoms with Crippen LogP contribution < -0.4 is 10.5 Å². The Balaban J connectivity index is 1.92. The van der Waals surface area contributed by atoms with Crippen molar-refractivity contribution in [3.8, 4) is 5.75 Å². The zero-order chi connectivity index (χ0) is 14.7. The molecule has 6 heteroatoms. The molecule has 1 heterocycles. The number of halogens is 2. The van der Waals surface area contributed by atoms with Crippen molar-refractivity contribution in [2.24, 2.45) is 11.7 Å². The van der Waals surface area contributed by atoms with E-state index in [1.54, 1.807) is 4.90 Å². The molecule has 0 aliphatic carbocycles. The Morgan fingerprint density at radius 3 is 2.95 bits per heavy atom. The van der Waals surface area contributed by atoms with Crippen LogP contribution in [0, 0.1) is 11.7 Å². The normalized spacial score (nSPS) is 22.1. The summed E-state index contributed by atoms with van der Waals surface area (Å²) in [5, 5.41) is 0. The molecule has 1 aromatic carbocycles.